The Morgan fingerprint density at radius 2 is 1.91 bits per heavy atom. The summed E-state index contributed by atoms with van der Waals surface area (Å²) in [6, 6.07) is 12.2. The molecular weight excluding hydrogens is 471 g/mol. The van der Waals surface area contributed by atoms with Gasteiger partial charge in [-0.2, -0.15) is 0 Å². The van der Waals surface area contributed by atoms with Crippen LogP contribution in [-0.2, 0) is 14.3 Å². The molecule has 6 nitrogen and oxygen atoms in total. The molecule has 1 aliphatic heterocycles. The number of carbonyl (C=O) groups is 2. The van der Waals surface area contributed by atoms with E-state index >= 15 is 0 Å². The van der Waals surface area contributed by atoms with Crippen molar-refractivity contribution in [1.82, 2.24) is 4.90 Å². The molecule has 32 heavy (non-hydrogen) atoms. The first kappa shape index (κ1) is 24.2. The van der Waals surface area contributed by atoms with E-state index in [-0.39, 0.29) is 19.1 Å². The third kappa shape index (κ3) is 6.28. The van der Waals surface area contributed by atoms with Crippen molar-refractivity contribution >= 4 is 63.8 Å². The van der Waals surface area contributed by atoms with Gasteiger partial charge in [0.2, 0.25) is 0 Å². The summed E-state index contributed by atoms with van der Waals surface area (Å²) in [6.07, 6.45) is 2.57. The van der Waals surface area contributed by atoms with Gasteiger partial charge in [-0.3, -0.25) is 9.69 Å². The monoisotopic (exact) mass is 492 g/mol. The molecule has 0 saturated carbocycles. The molecule has 1 saturated heterocycles. The van der Waals surface area contributed by atoms with Crippen molar-refractivity contribution in [3.05, 3.63) is 63.0 Å². The van der Waals surface area contributed by atoms with E-state index in [1.165, 1.54) is 11.8 Å². The molecule has 1 fully saturated rings. The van der Waals surface area contributed by atoms with Gasteiger partial charge in [-0.15, -0.1) is 0 Å². The van der Waals surface area contributed by atoms with Crippen molar-refractivity contribution in [2.75, 3.05) is 19.8 Å². The van der Waals surface area contributed by atoms with Gasteiger partial charge < -0.3 is 9.47 Å². The predicted molar refractivity (Wildman–Crippen MR) is 130 cm³/mol. The number of nitrogens with zero attached hydrogens (tertiary/aromatic N) is 2. The summed E-state index contributed by atoms with van der Waals surface area (Å²) in [5.41, 5.74) is 1.46. The molecule has 168 valence electrons. The second-order valence-electron chi connectivity index (χ2n) is 6.72. The highest BCUT2D eigenvalue weighted by Gasteiger charge is 2.32. The first-order chi connectivity index (χ1) is 15.4. The molecule has 0 atom stereocenters. The zero-order valence-electron chi connectivity index (χ0n) is 17.6. The lowest BCUT2D eigenvalue weighted by atomic mass is 10.2. The largest absolute Gasteiger partial charge is 0.480 e. The fourth-order valence-corrected chi connectivity index (χ4v) is 4.25. The molecule has 0 N–H and O–H groups in total. The molecule has 0 radical (unpaired) electrons. The van der Waals surface area contributed by atoms with E-state index in [2.05, 4.69) is 4.99 Å². The highest BCUT2D eigenvalue weighted by molar-refractivity contribution is 8.18. The van der Waals surface area contributed by atoms with E-state index in [0.717, 1.165) is 17.7 Å². The van der Waals surface area contributed by atoms with Crippen LogP contribution in [0.15, 0.2) is 52.4 Å². The minimum atomic E-state index is -0.466. The van der Waals surface area contributed by atoms with Crippen LogP contribution in [0.4, 0.5) is 5.69 Å². The van der Waals surface area contributed by atoms with Crippen LogP contribution in [0.3, 0.4) is 0 Å². The van der Waals surface area contributed by atoms with Crippen molar-refractivity contribution < 1.29 is 19.1 Å². The fraction of sp³-hybridized carbons (Fsp3) is 0.261. The second-order valence-corrected chi connectivity index (χ2v) is 8.57. The number of esters is 1. The molecule has 1 heterocycles. The molecule has 0 aromatic heterocycles. The highest BCUT2D eigenvalue weighted by atomic mass is 35.5. The Balaban J connectivity index is 1.80. The molecule has 0 bridgehead atoms. The van der Waals surface area contributed by atoms with Crippen molar-refractivity contribution in [3.8, 4) is 5.75 Å². The molecule has 2 aromatic rings. The van der Waals surface area contributed by atoms with Crippen LogP contribution in [0.1, 0.15) is 25.8 Å². The number of thioether (sulfide) groups is 1. The van der Waals surface area contributed by atoms with E-state index in [1.54, 1.807) is 60.4 Å². The average Bonchev–Trinajstić information content (AvgIpc) is 3.04. The molecule has 1 aliphatic rings. The van der Waals surface area contributed by atoms with Crippen molar-refractivity contribution in [3.63, 3.8) is 0 Å². The zero-order valence-corrected chi connectivity index (χ0v) is 20.0. The average molecular weight is 493 g/mol. The van der Waals surface area contributed by atoms with Crippen molar-refractivity contribution in [2.24, 2.45) is 4.99 Å². The normalized spacial score (nSPS) is 16.1. The van der Waals surface area contributed by atoms with Crippen LogP contribution in [0, 0.1) is 0 Å². The number of aliphatic imine (C=N–C) groups is 1. The van der Waals surface area contributed by atoms with Gasteiger partial charge in [-0.1, -0.05) is 36.2 Å². The Kier molecular flexibility index (Phi) is 8.61. The molecule has 1 amide bonds. The Morgan fingerprint density at radius 3 is 2.56 bits per heavy atom. The van der Waals surface area contributed by atoms with Crippen LogP contribution in [0.5, 0.6) is 5.75 Å². The van der Waals surface area contributed by atoms with Crippen LogP contribution in [0.25, 0.3) is 6.08 Å². The summed E-state index contributed by atoms with van der Waals surface area (Å²) in [5.74, 6) is -0.209. The maximum absolute atomic E-state index is 13.0. The van der Waals surface area contributed by atoms with E-state index in [1.807, 2.05) is 6.92 Å². The van der Waals surface area contributed by atoms with Gasteiger partial charge in [0.1, 0.15) is 5.75 Å². The summed E-state index contributed by atoms with van der Waals surface area (Å²) >= 11 is 13.6. The number of hydrogen-bond acceptors (Lipinski definition) is 6. The minimum absolute atomic E-state index is 0.108. The van der Waals surface area contributed by atoms with Gasteiger partial charge in [0.25, 0.3) is 5.91 Å². The third-order valence-electron chi connectivity index (χ3n) is 4.29. The smallest absolute Gasteiger partial charge is 0.344 e. The van der Waals surface area contributed by atoms with Crippen molar-refractivity contribution in [2.45, 2.75) is 20.3 Å². The summed E-state index contributed by atoms with van der Waals surface area (Å²) in [5, 5.41) is 1.58. The van der Waals surface area contributed by atoms with Gasteiger partial charge in [0, 0.05) is 11.6 Å². The number of benzene rings is 2. The number of halogens is 2. The third-order valence-corrected chi connectivity index (χ3v) is 5.85. The number of rotatable bonds is 8. The van der Waals surface area contributed by atoms with Crippen LogP contribution >= 0.6 is 35.0 Å². The van der Waals surface area contributed by atoms with Gasteiger partial charge in [0.15, 0.2) is 11.8 Å². The molecule has 2 aromatic carbocycles. The Morgan fingerprint density at radius 1 is 1.16 bits per heavy atom. The second kappa shape index (κ2) is 11.4. The maximum Gasteiger partial charge on any atom is 0.344 e. The minimum Gasteiger partial charge on any atom is -0.480 e. The first-order valence-corrected chi connectivity index (χ1v) is 11.6. The number of ether oxygens (including phenoxy) is 2. The summed E-state index contributed by atoms with van der Waals surface area (Å²) < 4.78 is 10.2. The van der Waals surface area contributed by atoms with Gasteiger partial charge in [-0.25, -0.2) is 9.79 Å². The molecule has 3 rings (SSSR count). The Hall–Kier alpha value is -2.48. The van der Waals surface area contributed by atoms with Crippen LogP contribution in [-0.4, -0.2) is 41.7 Å². The summed E-state index contributed by atoms with van der Waals surface area (Å²) in [6.45, 7) is 4.36. The SMILES string of the molecule is CCCN1C(=O)/C(=C/c2ccc(OCC(=O)OCC)c(Cl)c2)SC1=Nc1ccc(Cl)cc1. The first-order valence-electron chi connectivity index (χ1n) is 10.0. The van der Waals surface area contributed by atoms with E-state index in [9.17, 15) is 9.59 Å². The number of hydrogen-bond donors (Lipinski definition) is 0. The number of carbonyl (C=O) groups excluding carboxylic acids is 2. The standard InChI is InChI=1S/C23H22Cl2N2O4S/c1-3-11-27-22(29)20(32-23(27)26-17-8-6-16(24)7-9-17)13-15-5-10-19(18(25)12-15)31-14-21(28)30-4-2/h5-10,12-13H,3-4,11,14H2,1-2H3/b20-13-,26-23?. The molecule has 0 spiro atoms. The summed E-state index contributed by atoms with van der Waals surface area (Å²) in [7, 11) is 0. The summed E-state index contributed by atoms with van der Waals surface area (Å²) in [4.78, 5) is 31.3. The van der Waals surface area contributed by atoms with Gasteiger partial charge >= 0.3 is 5.97 Å². The number of amidine groups is 1. The predicted octanol–water partition coefficient (Wildman–Crippen LogP) is 5.95. The number of amides is 1. The lowest BCUT2D eigenvalue weighted by Crippen LogP contribution is -2.29. The van der Waals surface area contributed by atoms with Gasteiger partial charge in [0.05, 0.1) is 22.2 Å². The van der Waals surface area contributed by atoms with E-state index in [4.69, 9.17) is 32.7 Å². The quantitative estimate of drug-likeness (QED) is 0.336. The lowest BCUT2D eigenvalue weighted by Gasteiger charge is -2.13. The van der Waals surface area contributed by atoms with E-state index in [0.29, 0.717) is 32.4 Å². The van der Waals surface area contributed by atoms with E-state index < -0.39 is 5.97 Å². The molecule has 0 unspecified atom stereocenters. The highest BCUT2D eigenvalue weighted by Crippen LogP contribution is 2.35. The molecule has 0 aliphatic carbocycles. The maximum atomic E-state index is 13.0. The Bertz CT molecular complexity index is 1050. The zero-order chi connectivity index (χ0) is 23.1. The Labute approximate surface area is 201 Å². The molecular formula is C23H22Cl2N2O4S. The fourth-order valence-electron chi connectivity index (χ4n) is 2.85. The molecule has 9 heteroatoms. The van der Waals surface area contributed by atoms with Crippen molar-refractivity contribution in [1.29, 1.82) is 0 Å². The van der Waals surface area contributed by atoms with Crippen LogP contribution in [0.2, 0.25) is 10.0 Å². The van der Waals surface area contributed by atoms with Crippen LogP contribution < -0.4 is 4.74 Å². The topological polar surface area (TPSA) is 68.2 Å². The lowest BCUT2D eigenvalue weighted by molar-refractivity contribution is -0.145. The van der Waals surface area contributed by atoms with Gasteiger partial charge in [-0.05, 0) is 73.1 Å².